The summed E-state index contributed by atoms with van der Waals surface area (Å²) < 4.78 is 28.4. The van der Waals surface area contributed by atoms with E-state index in [9.17, 15) is 8.42 Å². The topological polar surface area (TPSA) is 92.7 Å². The minimum Gasteiger partial charge on any atom is -0.326 e. The van der Waals surface area contributed by atoms with Crippen molar-refractivity contribution in [3.63, 3.8) is 0 Å². The van der Waals surface area contributed by atoms with Gasteiger partial charge in [-0.1, -0.05) is 0 Å². The molecule has 18 heavy (non-hydrogen) atoms. The minimum atomic E-state index is -3.35. The second-order valence-electron chi connectivity index (χ2n) is 5.89. The van der Waals surface area contributed by atoms with Crippen LogP contribution in [0.15, 0.2) is 0 Å². The number of nitrogens with zero attached hydrogens (tertiary/aromatic N) is 2. The van der Waals surface area contributed by atoms with Crippen LogP contribution >= 0.6 is 0 Å². The van der Waals surface area contributed by atoms with Crippen molar-refractivity contribution in [3.05, 3.63) is 0 Å². The number of hydrogen-bond donors (Lipinski definition) is 2. The maximum Gasteiger partial charge on any atom is 0.282 e. The lowest BCUT2D eigenvalue weighted by Crippen LogP contribution is -2.46. The van der Waals surface area contributed by atoms with Gasteiger partial charge >= 0.3 is 0 Å². The minimum absolute atomic E-state index is 0.0181. The summed E-state index contributed by atoms with van der Waals surface area (Å²) in [6, 6.07) is 0.0256. The summed E-state index contributed by atoms with van der Waals surface area (Å²) >= 11 is 0. The summed E-state index contributed by atoms with van der Waals surface area (Å²) in [5.74, 6) is 0.545. The van der Waals surface area contributed by atoms with E-state index in [0.717, 1.165) is 25.7 Å². The van der Waals surface area contributed by atoms with E-state index in [1.165, 1.54) is 4.31 Å². The molecule has 0 radical (unpaired) electrons. The van der Waals surface area contributed by atoms with Gasteiger partial charge in [0.15, 0.2) is 0 Å². The zero-order valence-electron chi connectivity index (χ0n) is 10.5. The van der Waals surface area contributed by atoms with Gasteiger partial charge in [0.25, 0.3) is 10.2 Å². The lowest BCUT2D eigenvalue weighted by Gasteiger charge is -2.27. The molecule has 6 nitrogen and oxygen atoms in total. The van der Waals surface area contributed by atoms with Crippen LogP contribution in [0.25, 0.3) is 0 Å². The van der Waals surface area contributed by atoms with Crippen molar-refractivity contribution in [2.45, 2.75) is 43.8 Å². The molecular weight excluding hydrogens is 252 g/mol. The zero-order chi connectivity index (χ0) is 12.9. The van der Waals surface area contributed by atoms with Crippen molar-refractivity contribution >= 4 is 10.2 Å². The summed E-state index contributed by atoms with van der Waals surface area (Å²) in [5, 5.41) is 0. The molecule has 0 spiro atoms. The van der Waals surface area contributed by atoms with Gasteiger partial charge in [-0.3, -0.25) is 0 Å². The molecule has 3 fully saturated rings. The van der Waals surface area contributed by atoms with Crippen LogP contribution in [-0.4, -0.2) is 54.8 Å². The van der Waals surface area contributed by atoms with Gasteiger partial charge in [-0.2, -0.15) is 17.0 Å². The molecule has 4 N–H and O–H groups in total. The van der Waals surface area contributed by atoms with E-state index in [1.54, 1.807) is 4.31 Å². The molecule has 0 bridgehead atoms. The van der Waals surface area contributed by atoms with Crippen molar-refractivity contribution in [2.75, 3.05) is 19.6 Å². The van der Waals surface area contributed by atoms with Crippen LogP contribution in [0.3, 0.4) is 0 Å². The summed E-state index contributed by atoms with van der Waals surface area (Å²) in [6.07, 6.45) is 3.85. The summed E-state index contributed by atoms with van der Waals surface area (Å²) in [6.45, 7) is 1.64. The van der Waals surface area contributed by atoms with Gasteiger partial charge in [0.2, 0.25) is 0 Å². The van der Waals surface area contributed by atoms with Crippen molar-refractivity contribution in [2.24, 2.45) is 17.4 Å². The molecule has 0 aromatic rings. The molecule has 3 atom stereocenters. The van der Waals surface area contributed by atoms with E-state index in [4.69, 9.17) is 11.5 Å². The number of hydrogen-bond acceptors (Lipinski definition) is 4. The van der Waals surface area contributed by atoms with Crippen LogP contribution in [0.1, 0.15) is 25.7 Å². The van der Waals surface area contributed by atoms with Crippen LogP contribution in [0.5, 0.6) is 0 Å². The maximum absolute atomic E-state index is 12.6. The van der Waals surface area contributed by atoms with E-state index in [0.29, 0.717) is 25.6 Å². The Morgan fingerprint density at radius 3 is 2.33 bits per heavy atom. The van der Waals surface area contributed by atoms with E-state index in [1.807, 2.05) is 0 Å². The third kappa shape index (κ3) is 2.42. The highest BCUT2D eigenvalue weighted by molar-refractivity contribution is 7.86. The molecule has 2 saturated carbocycles. The van der Waals surface area contributed by atoms with E-state index >= 15 is 0 Å². The second kappa shape index (κ2) is 4.42. The van der Waals surface area contributed by atoms with E-state index in [2.05, 4.69) is 0 Å². The molecule has 3 rings (SSSR count). The summed E-state index contributed by atoms with van der Waals surface area (Å²) in [4.78, 5) is 0. The Balaban J connectivity index is 1.75. The monoisotopic (exact) mass is 274 g/mol. The fraction of sp³-hybridized carbons (Fsp3) is 1.00. The van der Waals surface area contributed by atoms with E-state index < -0.39 is 10.2 Å². The van der Waals surface area contributed by atoms with Gasteiger partial charge in [0.1, 0.15) is 0 Å². The average Bonchev–Trinajstić information content (AvgIpc) is 3.19. The first kappa shape index (κ1) is 12.8. The van der Waals surface area contributed by atoms with Crippen molar-refractivity contribution in [1.29, 1.82) is 0 Å². The van der Waals surface area contributed by atoms with Gasteiger partial charge in [-0.05, 0) is 31.6 Å². The standard InChI is InChI=1S/C11H22N4O2S/c12-9-3-4-14(7-9)18(16,17)15(6-8-1-2-8)11-5-10(11)13/h8-11H,1-7,12-13H2. The molecule has 3 unspecified atom stereocenters. The lowest BCUT2D eigenvalue weighted by atomic mass is 10.3. The predicted octanol–water partition coefficient (Wildman–Crippen LogP) is -0.924. The summed E-state index contributed by atoms with van der Waals surface area (Å²) in [7, 11) is -3.35. The Kier molecular flexibility index (Phi) is 3.14. The van der Waals surface area contributed by atoms with Crippen LogP contribution in [0.4, 0.5) is 0 Å². The first-order valence-electron chi connectivity index (χ1n) is 6.76. The van der Waals surface area contributed by atoms with Crippen LogP contribution in [0.2, 0.25) is 0 Å². The third-order valence-electron chi connectivity index (χ3n) is 4.12. The zero-order valence-corrected chi connectivity index (χ0v) is 11.3. The molecule has 1 aliphatic heterocycles. The van der Waals surface area contributed by atoms with Gasteiger partial charge in [0, 0.05) is 37.8 Å². The molecule has 3 aliphatic rings. The van der Waals surface area contributed by atoms with Crippen molar-refractivity contribution < 1.29 is 8.42 Å². The third-order valence-corrected chi connectivity index (χ3v) is 6.12. The van der Waals surface area contributed by atoms with Gasteiger partial charge < -0.3 is 11.5 Å². The maximum atomic E-state index is 12.6. The normalized spacial score (nSPS) is 37.4. The van der Waals surface area contributed by atoms with Gasteiger partial charge in [-0.25, -0.2) is 0 Å². The molecule has 0 aromatic carbocycles. The Labute approximate surface area is 108 Å². The van der Waals surface area contributed by atoms with Crippen LogP contribution < -0.4 is 11.5 Å². The van der Waals surface area contributed by atoms with Gasteiger partial charge in [-0.15, -0.1) is 0 Å². The Hall–Kier alpha value is -0.210. The van der Waals surface area contributed by atoms with E-state index in [-0.39, 0.29) is 18.1 Å². The molecule has 1 heterocycles. The fourth-order valence-corrected chi connectivity index (χ4v) is 4.60. The fourth-order valence-electron chi connectivity index (χ4n) is 2.60. The Morgan fingerprint density at radius 2 is 1.89 bits per heavy atom. The van der Waals surface area contributed by atoms with Crippen LogP contribution in [0, 0.1) is 5.92 Å². The SMILES string of the molecule is NC1CCN(S(=O)(=O)N(CC2CC2)C2CC2N)C1. The molecule has 0 aromatic heterocycles. The van der Waals surface area contributed by atoms with Crippen molar-refractivity contribution in [1.82, 2.24) is 8.61 Å². The molecule has 2 aliphatic carbocycles. The summed E-state index contributed by atoms with van der Waals surface area (Å²) in [5.41, 5.74) is 11.6. The number of rotatable bonds is 5. The highest BCUT2D eigenvalue weighted by atomic mass is 32.2. The largest absolute Gasteiger partial charge is 0.326 e. The van der Waals surface area contributed by atoms with Crippen LogP contribution in [-0.2, 0) is 10.2 Å². The lowest BCUT2D eigenvalue weighted by molar-refractivity contribution is 0.339. The molecule has 7 heteroatoms. The molecule has 104 valence electrons. The first-order chi connectivity index (χ1) is 8.48. The Morgan fingerprint density at radius 1 is 1.22 bits per heavy atom. The molecular formula is C11H22N4O2S. The second-order valence-corrected chi connectivity index (χ2v) is 7.78. The highest BCUT2D eigenvalue weighted by Gasteiger charge is 2.48. The smallest absolute Gasteiger partial charge is 0.282 e. The van der Waals surface area contributed by atoms with Crippen molar-refractivity contribution in [3.8, 4) is 0 Å². The Bertz CT molecular complexity index is 423. The quantitative estimate of drug-likeness (QED) is 0.678. The highest BCUT2D eigenvalue weighted by Crippen LogP contribution is 2.37. The molecule has 0 amide bonds. The predicted molar refractivity (Wildman–Crippen MR) is 68.9 cm³/mol. The average molecular weight is 274 g/mol. The number of nitrogens with two attached hydrogens (primary N) is 2. The van der Waals surface area contributed by atoms with Gasteiger partial charge in [0.05, 0.1) is 0 Å². The first-order valence-corrected chi connectivity index (χ1v) is 8.16. The molecule has 1 saturated heterocycles.